The van der Waals surface area contributed by atoms with Crippen LogP contribution in [0.4, 0.5) is 0 Å². The van der Waals surface area contributed by atoms with Crippen LogP contribution in [-0.2, 0) is 13.1 Å². The van der Waals surface area contributed by atoms with Gasteiger partial charge in [0.1, 0.15) is 0 Å². The molecule has 1 aromatic rings. The molecule has 0 atom stereocenters. The second kappa shape index (κ2) is 37.0. The van der Waals surface area contributed by atoms with Gasteiger partial charge in [0.15, 0.2) is 0 Å². The minimum atomic E-state index is 1.01. The summed E-state index contributed by atoms with van der Waals surface area (Å²) in [5.74, 6) is 0. The van der Waals surface area contributed by atoms with E-state index >= 15 is 0 Å². The topological polar surface area (TPSA) is 24.1 Å². The van der Waals surface area contributed by atoms with Gasteiger partial charge in [-0.25, -0.2) is 0 Å². The maximum atomic E-state index is 3.72. The molecule has 46 heavy (non-hydrogen) atoms. The summed E-state index contributed by atoms with van der Waals surface area (Å²) in [5, 5.41) is 7.45. The van der Waals surface area contributed by atoms with Crippen molar-refractivity contribution in [2.75, 3.05) is 13.1 Å². The van der Waals surface area contributed by atoms with E-state index in [0.29, 0.717) is 0 Å². The normalized spacial score (nSPS) is 11.5. The second-order valence-electron chi connectivity index (χ2n) is 14.7. The molecule has 0 saturated carbocycles. The van der Waals surface area contributed by atoms with Gasteiger partial charge in [-0.3, -0.25) is 0 Å². The van der Waals surface area contributed by atoms with Gasteiger partial charge in [-0.1, -0.05) is 231 Å². The number of hydrogen-bond acceptors (Lipinski definition) is 2. The minimum Gasteiger partial charge on any atom is -0.313 e. The Balaban J connectivity index is 1.85. The Morgan fingerprint density at radius 1 is 0.304 bits per heavy atom. The molecule has 1 aromatic carbocycles. The molecule has 2 N–H and O–H groups in total. The molecular formula is C44H84N2. The molecular weight excluding hydrogens is 556 g/mol. The first kappa shape index (κ1) is 43.2. The van der Waals surface area contributed by atoms with Crippen LogP contribution in [0.25, 0.3) is 0 Å². The standard InChI is InChI=1S/C44H84N2/c1-3-5-7-9-11-13-15-17-19-21-23-25-27-29-31-35-39-45-41-43-37-33-34-38-44(43)42-46-40-36-32-30-28-26-24-22-20-18-16-14-12-10-8-6-4-2/h33-34,37-38,45-46H,3-32,35-36,39-42H2,1-2H3. The molecule has 0 heterocycles. The third kappa shape index (κ3) is 30.5. The van der Waals surface area contributed by atoms with E-state index in [4.69, 9.17) is 0 Å². The second-order valence-corrected chi connectivity index (χ2v) is 14.7. The van der Waals surface area contributed by atoms with Crippen LogP contribution in [0.3, 0.4) is 0 Å². The monoisotopic (exact) mass is 641 g/mol. The van der Waals surface area contributed by atoms with Gasteiger partial charge in [0, 0.05) is 13.1 Å². The van der Waals surface area contributed by atoms with Gasteiger partial charge in [-0.15, -0.1) is 0 Å². The van der Waals surface area contributed by atoms with Crippen LogP contribution in [0.5, 0.6) is 0 Å². The molecule has 0 saturated heterocycles. The van der Waals surface area contributed by atoms with Gasteiger partial charge < -0.3 is 10.6 Å². The lowest BCUT2D eigenvalue weighted by atomic mass is 10.0. The lowest BCUT2D eigenvalue weighted by Crippen LogP contribution is -2.19. The molecule has 0 aromatic heterocycles. The van der Waals surface area contributed by atoms with Crippen molar-refractivity contribution in [1.82, 2.24) is 10.6 Å². The SMILES string of the molecule is CCCCCCCCCCCCCCCCCCNCc1ccccc1CNCCCCCCCCCCCCCCCCCC. The zero-order valence-corrected chi connectivity index (χ0v) is 31.8. The van der Waals surface area contributed by atoms with Crippen molar-refractivity contribution in [2.24, 2.45) is 0 Å². The smallest absolute Gasteiger partial charge is 0.0208 e. The van der Waals surface area contributed by atoms with Crippen LogP contribution >= 0.6 is 0 Å². The van der Waals surface area contributed by atoms with Crippen LogP contribution in [0, 0.1) is 0 Å². The molecule has 0 bridgehead atoms. The van der Waals surface area contributed by atoms with Crippen molar-refractivity contribution in [3.05, 3.63) is 35.4 Å². The van der Waals surface area contributed by atoms with Gasteiger partial charge in [-0.2, -0.15) is 0 Å². The highest BCUT2D eigenvalue weighted by molar-refractivity contribution is 5.26. The minimum absolute atomic E-state index is 1.01. The van der Waals surface area contributed by atoms with Crippen molar-refractivity contribution in [3.8, 4) is 0 Å². The van der Waals surface area contributed by atoms with E-state index in [1.165, 1.54) is 217 Å². The third-order valence-electron chi connectivity index (χ3n) is 10.2. The Labute approximate surface area is 290 Å². The Bertz CT molecular complexity index is 642. The molecule has 1 rings (SSSR count). The number of benzene rings is 1. The van der Waals surface area contributed by atoms with Crippen LogP contribution in [0.1, 0.15) is 230 Å². The van der Waals surface area contributed by atoms with E-state index in [0.717, 1.165) is 26.2 Å². The first-order valence-electron chi connectivity index (χ1n) is 21.4. The number of hydrogen-bond donors (Lipinski definition) is 2. The predicted molar refractivity (Wildman–Crippen MR) is 209 cm³/mol. The molecule has 0 fully saturated rings. The highest BCUT2D eigenvalue weighted by atomic mass is 14.9. The van der Waals surface area contributed by atoms with Gasteiger partial charge in [-0.05, 0) is 37.1 Å². The van der Waals surface area contributed by atoms with Crippen molar-refractivity contribution in [2.45, 2.75) is 232 Å². The van der Waals surface area contributed by atoms with Gasteiger partial charge in [0.05, 0.1) is 0 Å². The lowest BCUT2D eigenvalue weighted by molar-refractivity contribution is 0.524. The number of nitrogens with one attached hydrogen (secondary N) is 2. The maximum absolute atomic E-state index is 3.72. The molecule has 0 amide bonds. The molecule has 0 radical (unpaired) electrons. The van der Waals surface area contributed by atoms with E-state index in [1.807, 2.05) is 0 Å². The van der Waals surface area contributed by atoms with Crippen LogP contribution in [0.2, 0.25) is 0 Å². The summed E-state index contributed by atoms with van der Waals surface area (Å²) >= 11 is 0. The van der Waals surface area contributed by atoms with Gasteiger partial charge in [0.25, 0.3) is 0 Å². The summed E-state index contributed by atoms with van der Waals surface area (Å²) in [6.07, 6.45) is 46.0. The average Bonchev–Trinajstić information content (AvgIpc) is 3.07. The highest BCUT2D eigenvalue weighted by Crippen LogP contribution is 2.15. The predicted octanol–water partition coefficient (Wildman–Crippen LogP) is 14.4. The van der Waals surface area contributed by atoms with Gasteiger partial charge in [0.2, 0.25) is 0 Å². The summed E-state index contributed by atoms with van der Waals surface area (Å²) in [4.78, 5) is 0. The van der Waals surface area contributed by atoms with Gasteiger partial charge >= 0.3 is 0 Å². The summed E-state index contributed by atoms with van der Waals surface area (Å²) in [5.41, 5.74) is 2.94. The zero-order chi connectivity index (χ0) is 32.9. The van der Waals surface area contributed by atoms with Crippen molar-refractivity contribution in [1.29, 1.82) is 0 Å². The number of unbranched alkanes of at least 4 members (excludes halogenated alkanes) is 30. The summed E-state index contributed by atoms with van der Waals surface area (Å²) < 4.78 is 0. The largest absolute Gasteiger partial charge is 0.313 e. The van der Waals surface area contributed by atoms with E-state index in [9.17, 15) is 0 Å². The van der Waals surface area contributed by atoms with Crippen LogP contribution in [0.15, 0.2) is 24.3 Å². The first-order chi connectivity index (χ1) is 22.9. The molecule has 270 valence electrons. The number of rotatable bonds is 38. The van der Waals surface area contributed by atoms with Crippen LogP contribution in [-0.4, -0.2) is 13.1 Å². The lowest BCUT2D eigenvalue weighted by Gasteiger charge is -2.12. The summed E-state index contributed by atoms with van der Waals surface area (Å²) in [6.45, 7) is 8.93. The molecule has 0 aliphatic heterocycles. The quantitative estimate of drug-likeness (QED) is 0.0703. The molecule has 2 nitrogen and oxygen atoms in total. The van der Waals surface area contributed by atoms with E-state index < -0.39 is 0 Å². The maximum Gasteiger partial charge on any atom is 0.0208 e. The molecule has 0 aliphatic rings. The molecule has 0 unspecified atom stereocenters. The Kier molecular flexibility index (Phi) is 34.7. The Morgan fingerprint density at radius 3 is 0.761 bits per heavy atom. The summed E-state index contributed by atoms with van der Waals surface area (Å²) in [7, 11) is 0. The van der Waals surface area contributed by atoms with Crippen molar-refractivity contribution < 1.29 is 0 Å². The highest BCUT2D eigenvalue weighted by Gasteiger charge is 2.02. The fourth-order valence-electron chi connectivity index (χ4n) is 6.94. The summed E-state index contributed by atoms with van der Waals surface area (Å²) in [6, 6.07) is 9.02. The third-order valence-corrected chi connectivity index (χ3v) is 10.2. The molecule has 2 heteroatoms. The average molecular weight is 641 g/mol. The van der Waals surface area contributed by atoms with E-state index in [1.54, 1.807) is 0 Å². The van der Waals surface area contributed by atoms with Crippen molar-refractivity contribution in [3.63, 3.8) is 0 Å². The van der Waals surface area contributed by atoms with E-state index in [-0.39, 0.29) is 0 Å². The zero-order valence-electron chi connectivity index (χ0n) is 31.8. The Morgan fingerprint density at radius 2 is 0.522 bits per heavy atom. The first-order valence-corrected chi connectivity index (χ1v) is 21.4. The van der Waals surface area contributed by atoms with Crippen molar-refractivity contribution >= 4 is 0 Å². The van der Waals surface area contributed by atoms with E-state index in [2.05, 4.69) is 48.7 Å². The molecule has 0 aliphatic carbocycles. The fraction of sp³-hybridized carbons (Fsp3) is 0.864. The Hall–Kier alpha value is -0.860. The molecule has 0 spiro atoms. The fourth-order valence-corrected chi connectivity index (χ4v) is 6.94. The van der Waals surface area contributed by atoms with Crippen LogP contribution < -0.4 is 10.6 Å².